The Morgan fingerprint density at radius 3 is 1.27 bits per heavy atom. The number of nitrogens with one attached hydrogen (secondary N) is 4. The second kappa shape index (κ2) is 20.5. The predicted octanol–water partition coefficient (Wildman–Crippen LogP) is -2.50. The van der Waals surface area contributed by atoms with E-state index in [9.17, 15) is 47.9 Å². The number of Topliss-reactive ketones (excluding diaryl/α,β-unsaturated/α-hetero) is 2. The highest BCUT2D eigenvalue weighted by molar-refractivity contribution is 8.08. The lowest BCUT2D eigenvalue weighted by Crippen LogP contribution is -2.50. The number of aliphatic carboxylic acids is 4. The van der Waals surface area contributed by atoms with E-state index < -0.39 is 121 Å². The van der Waals surface area contributed by atoms with Gasteiger partial charge in [0, 0.05) is 35.5 Å². The summed E-state index contributed by atoms with van der Waals surface area (Å²) in [5.41, 5.74) is 10.8. The quantitative estimate of drug-likeness (QED) is 0.0582. The van der Waals surface area contributed by atoms with E-state index in [0.29, 0.717) is 23.5 Å². The van der Waals surface area contributed by atoms with Crippen molar-refractivity contribution < 1.29 is 68.4 Å². The summed E-state index contributed by atoms with van der Waals surface area (Å²) in [5.74, 6) is -11.5. The third-order valence-electron chi connectivity index (χ3n) is 6.95. The van der Waals surface area contributed by atoms with Crippen LogP contribution < -0.4 is 32.7 Å². The lowest BCUT2D eigenvalue weighted by Gasteiger charge is -2.24. The Balaban J connectivity index is 2.43. The van der Waals surface area contributed by atoms with Crippen molar-refractivity contribution in [3.63, 3.8) is 0 Å². The lowest BCUT2D eigenvalue weighted by molar-refractivity contribution is -0.140. The van der Waals surface area contributed by atoms with Crippen molar-refractivity contribution in [3.05, 3.63) is 45.2 Å². The number of carbonyl (C=O) groups is 10. The second-order valence-electron chi connectivity index (χ2n) is 10.9. The van der Waals surface area contributed by atoms with Crippen LogP contribution in [0, 0.1) is 0 Å². The molecule has 4 atom stereocenters. The molecule has 0 saturated heterocycles. The number of hydrogen-bond donors (Lipinski definition) is 10. The van der Waals surface area contributed by atoms with Gasteiger partial charge in [-0.1, -0.05) is 24.3 Å². The van der Waals surface area contributed by atoms with Gasteiger partial charge in [-0.05, 0) is 12.8 Å². The predicted molar refractivity (Wildman–Crippen MR) is 182 cm³/mol. The molecule has 0 spiro atoms. The number of ketones is 2. The number of benzene rings is 1. The largest absolute Gasteiger partial charge is 0.480 e. The summed E-state index contributed by atoms with van der Waals surface area (Å²) < 4.78 is 0. The van der Waals surface area contributed by atoms with Crippen LogP contribution in [-0.2, 0) is 38.4 Å². The minimum Gasteiger partial charge on any atom is -0.480 e. The van der Waals surface area contributed by atoms with Gasteiger partial charge >= 0.3 is 23.9 Å². The number of allylic oxidation sites excluding steroid dienone is 2. The zero-order valence-electron chi connectivity index (χ0n) is 27.1. The van der Waals surface area contributed by atoms with E-state index in [2.05, 4.69) is 21.3 Å². The lowest BCUT2D eigenvalue weighted by atomic mass is 9.94. The number of nitrogens with two attached hydrogens (primary N) is 2. The fourth-order valence-corrected chi connectivity index (χ4v) is 6.64. The molecule has 0 aliphatic heterocycles. The summed E-state index contributed by atoms with van der Waals surface area (Å²) in [5, 5.41) is 44.8. The van der Waals surface area contributed by atoms with Crippen LogP contribution in [-0.4, -0.2) is 128 Å². The van der Waals surface area contributed by atoms with E-state index in [4.69, 9.17) is 31.9 Å². The molecule has 12 N–H and O–H groups in total. The van der Waals surface area contributed by atoms with E-state index in [0.717, 1.165) is 0 Å². The highest BCUT2D eigenvalue weighted by Crippen LogP contribution is 2.38. The van der Waals surface area contributed by atoms with E-state index in [1.165, 1.54) is 24.3 Å². The van der Waals surface area contributed by atoms with Crippen LogP contribution in [0.3, 0.4) is 0 Å². The number of thioether (sulfide) groups is 2. The summed E-state index contributed by atoms with van der Waals surface area (Å²) in [6.45, 7) is -1.68. The number of amides is 4. The summed E-state index contributed by atoms with van der Waals surface area (Å²) in [6, 6.07) is -0.0922. The molecule has 2 rings (SSSR count). The van der Waals surface area contributed by atoms with Crippen molar-refractivity contribution in [1.82, 2.24) is 21.3 Å². The van der Waals surface area contributed by atoms with Gasteiger partial charge in [-0.25, -0.2) is 0 Å². The Morgan fingerprint density at radius 1 is 0.615 bits per heavy atom. The first-order chi connectivity index (χ1) is 24.4. The maximum absolute atomic E-state index is 13.7. The Bertz CT molecular complexity index is 1530. The maximum Gasteiger partial charge on any atom is 0.322 e. The van der Waals surface area contributed by atoms with Crippen molar-refractivity contribution in [1.29, 1.82) is 0 Å². The van der Waals surface area contributed by atoms with Crippen molar-refractivity contribution in [2.24, 2.45) is 11.5 Å². The number of hydrogen-bond acceptors (Lipinski definition) is 14. The molecule has 1 aliphatic rings. The first-order valence-corrected chi connectivity index (χ1v) is 17.1. The molecule has 52 heavy (non-hydrogen) atoms. The Hall–Kier alpha value is -5.32. The molecule has 1 aliphatic carbocycles. The van der Waals surface area contributed by atoms with Gasteiger partial charge in [-0.2, -0.15) is 0 Å². The third kappa shape index (κ3) is 13.4. The van der Waals surface area contributed by atoms with Gasteiger partial charge in [0.1, 0.15) is 37.3 Å². The third-order valence-corrected chi connectivity index (χ3v) is 9.44. The van der Waals surface area contributed by atoms with E-state index >= 15 is 0 Å². The average Bonchev–Trinajstić information content (AvgIpc) is 3.09. The molecular weight excluding hydrogens is 732 g/mol. The molecule has 20 nitrogen and oxygen atoms in total. The van der Waals surface area contributed by atoms with Crippen LogP contribution in [0.4, 0.5) is 0 Å². The normalized spacial score (nSPS) is 14.6. The van der Waals surface area contributed by atoms with Crippen LogP contribution in [0.2, 0.25) is 0 Å². The molecule has 22 heteroatoms. The maximum atomic E-state index is 13.7. The van der Waals surface area contributed by atoms with Crippen molar-refractivity contribution in [3.8, 4) is 0 Å². The van der Waals surface area contributed by atoms with Crippen LogP contribution >= 0.6 is 23.5 Å². The van der Waals surface area contributed by atoms with E-state index in [-0.39, 0.29) is 33.8 Å². The van der Waals surface area contributed by atoms with Crippen LogP contribution in [0.1, 0.15) is 46.4 Å². The standard InChI is InChI=1S/C30H36N6O14S2/c31-15(29(47)48)5-7-19(37)35-17(27(45)33-9-21(39)40)11-51-25-23(43)13-3-1-2-4-14(13)24(44)26(25)52-12-18(28(46)34-10-22(41)42)36-20(38)8-6-16(32)30(49)50/h1-4,15-18H,5-12,31-32H2,(H,33,45)(H,34,46)(H,35,37)(H,36,38)(H,39,40)(H,41,42)(H,47,48)(H,49,50)/t15-,16-,17+,18+/m0/s1. The monoisotopic (exact) mass is 768 g/mol. The Labute approximate surface area is 302 Å². The summed E-state index contributed by atoms with van der Waals surface area (Å²) in [4.78, 5) is 122. The topological polar surface area (TPSA) is 352 Å². The van der Waals surface area contributed by atoms with Gasteiger partial charge in [0.25, 0.3) is 0 Å². The van der Waals surface area contributed by atoms with Crippen LogP contribution in [0.25, 0.3) is 0 Å². The van der Waals surface area contributed by atoms with Gasteiger partial charge in [0.15, 0.2) is 0 Å². The number of fused-ring (bicyclic) bond motifs is 1. The summed E-state index contributed by atoms with van der Waals surface area (Å²) >= 11 is 1.27. The molecule has 282 valence electrons. The van der Waals surface area contributed by atoms with E-state index in [1.54, 1.807) is 0 Å². The number of carbonyl (C=O) groups excluding carboxylic acids is 6. The van der Waals surface area contributed by atoms with Gasteiger partial charge < -0.3 is 53.2 Å². The fourth-order valence-electron chi connectivity index (χ4n) is 4.22. The minimum absolute atomic E-state index is 0.0169. The molecule has 1 aromatic rings. The Kier molecular flexibility index (Phi) is 16.9. The molecule has 0 radical (unpaired) electrons. The molecule has 0 unspecified atom stereocenters. The second-order valence-corrected chi connectivity index (χ2v) is 13.0. The van der Waals surface area contributed by atoms with Gasteiger partial charge in [-0.15, -0.1) is 23.5 Å². The van der Waals surface area contributed by atoms with Crippen molar-refractivity contribution in [2.45, 2.75) is 49.9 Å². The molecule has 0 fully saturated rings. The molecule has 0 bridgehead atoms. The van der Waals surface area contributed by atoms with Crippen molar-refractivity contribution >= 4 is 82.6 Å². The summed E-state index contributed by atoms with van der Waals surface area (Å²) in [7, 11) is 0. The fraction of sp³-hybridized carbons (Fsp3) is 0.400. The number of carboxylic acid groups (broad SMARTS) is 4. The summed E-state index contributed by atoms with van der Waals surface area (Å²) in [6.07, 6.45) is -1.49. The van der Waals surface area contributed by atoms with Crippen LogP contribution in [0.15, 0.2) is 34.1 Å². The van der Waals surface area contributed by atoms with Gasteiger partial charge in [-0.3, -0.25) is 47.9 Å². The minimum atomic E-state index is -1.51. The van der Waals surface area contributed by atoms with Gasteiger partial charge in [0.05, 0.1) is 9.81 Å². The highest BCUT2D eigenvalue weighted by atomic mass is 32.2. The van der Waals surface area contributed by atoms with Crippen LogP contribution in [0.5, 0.6) is 0 Å². The molecule has 0 heterocycles. The number of rotatable bonds is 22. The number of carboxylic acids is 4. The molecular formula is C30H36N6O14S2. The molecule has 1 aromatic carbocycles. The first kappa shape index (κ1) is 42.8. The molecule has 0 aromatic heterocycles. The first-order valence-electron chi connectivity index (χ1n) is 15.2. The molecule has 0 saturated carbocycles. The van der Waals surface area contributed by atoms with E-state index in [1.807, 2.05) is 0 Å². The van der Waals surface area contributed by atoms with Gasteiger partial charge in [0.2, 0.25) is 35.2 Å². The molecule has 4 amide bonds. The SMILES string of the molecule is N[C@@H](CCC(=O)N[C@H](CSC1=C(SC[C@@H](NC(=O)CC[C@H](N)C(=O)O)C(=O)NCC(=O)O)C(=O)c2ccccc2C1=O)C(=O)NCC(=O)O)C(=O)O. The zero-order valence-corrected chi connectivity index (χ0v) is 28.8. The highest BCUT2D eigenvalue weighted by Gasteiger charge is 2.35. The zero-order chi connectivity index (χ0) is 39.1. The van der Waals surface area contributed by atoms with Crippen molar-refractivity contribution in [2.75, 3.05) is 24.6 Å². The average molecular weight is 769 g/mol. The smallest absolute Gasteiger partial charge is 0.322 e. The Morgan fingerprint density at radius 2 is 0.962 bits per heavy atom.